The van der Waals surface area contributed by atoms with Gasteiger partial charge in [0.2, 0.25) is 0 Å². The van der Waals surface area contributed by atoms with Gasteiger partial charge >= 0.3 is 0 Å². The predicted molar refractivity (Wildman–Crippen MR) is 78.2 cm³/mol. The van der Waals surface area contributed by atoms with Crippen LogP contribution < -0.4 is 5.32 Å². The van der Waals surface area contributed by atoms with E-state index in [4.69, 9.17) is 0 Å². The van der Waals surface area contributed by atoms with Gasteiger partial charge in [0.25, 0.3) is 0 Å². The van der Waals surface area contributed by atoms with Crippen molar-refractivity contribution in [2.24, 2.45) is 0 Å². The molecule has 0 radical (unpaired) electrons. The Bertz CT molecular complexity index is 547. The molecule has 1 N–H and O–H groups in total. The van der Waals surface area contributed by atoms with Crippen molar-refractivity contribution in [2.75, 3.05) is 12.3 Å². The quantitative estimate of drug-likeness (QED) is 0.898. The molecule has 0 spiro atoms. The molecule has 5 nitrogen and oxygen atoms in total. The van der Waals surface area contributed by atoms with Crippen molar-refractivity contribution in [1.82, 2.24) is 15.1 Å². The van der Waals surface area contributed by atoms with E-state index in [-0.39, 0.29) is 5.25 Å². The van der Waals surface area contributed by atoms with Crippen LogP contribution >= 0.6 is 0 Å². The van der Waals surface area contributed by atoms with Crippen molar-refractivity contribution >= 4 is 9.84 Å². The van der Waals surface area contributed by atoms with Crippen molar-refractivity contribution in [3.63, 3.8) is 0 Å². The van der Waals surface area contributed by atoms with E-state index < -0.39 is 9.84 Å². The molecule has 0 amide bonds. The highest BCUT2D eigenvalue weighted by molar-refractivity contribution is 7.92. The van der Waals surface area contributed by atoms with Crippen molar-refractivity contribution in [3.8, 4) is 0 Å². The van der Waals surface area contributed by atoms with Gasteiger partial charge in [0.1, 0.15) is 0 Å². The molecule has 2 fully saturated rings. The molecule has 1 aliphatic carbocycles. The highest BCUT2D eigenvalue weighted by Crippen LogP contribution is 2.28. The van der Waals surface area contributed by atoms with Gasteiger partial charge in [0.15, 0.2) is 9.84 Å². The molecule has 1 saturated carbocycles. The van der Waals surface area contributed by atoms with Crippen molar-refractivity contribution in [3.05, 3.63) is 18.0 Å². The molecule has 1 atom stereocenters. The summed E-state index contributed by atoms with van der Waals surface area (Å²) in [5.74, 6) is 0.357. The monoisotopic (exact) mass is 297 g/mol. The highest BCUT2D eigenvalue weighted by Gasteiger charge is 2.30. The number of rotatable bonds is 5. The van der Waals surface area contributed by atoms with E-state index >= 15 is 0 Å². The maximum Gasteiger partial charge on any atom is 0.154 e. The zero-order valence-electron chi connectivity index (χ0n) is 11.8. The molecule has 2 aliphatic rings. The third-order valence-corrected chi connectivity index (χ3v) is 6.78. The lowest BCUT2D eigenvalue weighted by molar-refractivity contribution is 0.460. The molecule has 3 rings (SSSR count). The third kappa shape index (κ3) is 3.06. The lowest BCUT2D eigenvalue weighted by Crippen LogP contribution is -2.30. The fourth-order valence-corrected chi connectivity index (χ4v) is 5.09. The number of sulfone groups is 1. The summed E-state index contributed by atoms with van der Waals surface area (Å²) in [5, 5.41) is 7.65. The van der Waals surface area contributed by atoms with Gasteiger partial charge in [0.05, 0.1) is 22.7 Å². The van der Waals surface area contributed by atoms with E-state index in [0.717, 1.165) is 18.5 Å². The Balaban J connectivity index is 1.49. The fourth-order valence-electron chi connectivity index (χ4n) is 3.29. The maximum absolute atomic E-state index is 11.7. The average molecular weight is 297 g/mol. The Morgan fingerprint density at radius 3 is 2.75 bits per heavy atom. The zero-order chi connectivity index (χ0) is 14.0. The van der Waals surface area contributed by atoms with Crippen LogP contribution in [0.25, 0.3) is 0 Å². The molecule has 0 aromatic carbocycles. The van der Waals surface area contributed by atoms with Crippen LogP contribution in [-0.2, 0) is 16.4 Å². The van der Waals surface area contributed by atoms with Crippen LogP contribution in [0.15, 0.2) is 12.3 Å². The second kappa shape index (κ2) is 5.85. The average Bonchev–Trinajstić information content (AvgIpc) is 3.11. The smallest absolute Gasteiger partial charge is 0.154 e. The van der Waals surface area contributed by atoms with Gasteiger partial charge in [-0.3, -0.25) is 4.68 Å². The zero-order valence-corrected chi connectivity index (χ0v) is 12.6. The summed E-state index contributed by atoms with van der Waals surface area (Å²) in [6.07, 6.45) is 8.73. The summed E-state index contributed by atoms with van der Waals surface area (Å²) in [5.41, 5.74) is 1.01. The molecule has 1 aromatic rings. The summed E-state index contributed by atoms with van der Waals surface area (Å²) in [7, 11) is -2.84. The standard InChI is InChI=1S/C14H23N3O2S/c18-20(19)9-3-6-14(20)11-15-10-12-7-8-17(16-12)13-4-1-2-5-13/h7-8,13-15H,1-6,9-11H2. The van der Waals surface area contributed by atoms with E-state index in [0.29, 0.717) is 24.9 Å². The molecule has 1 unspecified atom stereocenters. The first-order valence-corrected chi connectivity index (χ1v) is 9.33. The third-order valence-electron chi connectivity index (χ3n) is 4.50. The van der Waals surface area contributed by atoms with Crippen LogP contribution in [0.2, 0.25) is 0 Å². The minimum atomic E-state index is -2.84. The number of aromatic nitrogens is 2. The first kappa shape index (κ1) is 14.1. The number of nitrogens with one attached hydrogen (secondary N) is 1. The normalized spacial score (nSPS) is 26.3. The van der Waals surface area contributed by atoms with Crippen LogP contribution in [0.1, 0.15) is 50.3 Å². The fraction of sp³-hybridized carbons (Fsp3) is 0.786. The van der Waals surface area contributed by atoms with Crippen LogP contribution in [0.5, 0.6) is 0 Å². The molecule has 112 valence electrons. The summed E-state index contributed by atoms with van der Waals surface area (Å²) >= 11 is 0. The van der Waals surface area contributed by atoms with Gasteiger partial charge in [-0.25, -0.2) is 8.42 Å². The molecule has 2 heterocycles. The number of hydrogen-bond acceptors (Lipinski definition) is 4. The van der Waals surface area contributed by atoms with E-state index in [9.17, 15) is 8.42 Å². The van der Waals surface area contributed by atoms with E-state index in [1.807, 2.05) is 6.07 Å². The van der Waals surface area contributed by atoms with Gasteiger partial charge in [-0.2, -0.15) is 5.10 Å². The van der Waals surface area contributed by atoms with Gasteiger partial charge in [-0.1, -0.05) is 12.8 Å². The minimum absolute atomic E-state index is 0.195. The van der Waals surface area contributed by atoms with E-state index in [1.165, 1.54) is 25.7 Å². The van der Waals surface area contributed by atoms with Gasteiger partial charge < -0.3 is 5.32 Å². The second-order valence-corrected chi connectivity index (χ2v) is 8.39. The second-order valence-electron chi connectivity index (χ2n) is 5.99. The Hall–Kier alpha value is -0.880. The lowest BCUT2D eigenvalue weighted by Gasteiger charge is -2.10. The van der Waals surface area contributed by atoms with E-state index in [2.05, 4.69) is 21.3 Å². The lowest BCUT2D eigenvalue weighted by atomic mass is 10.2. The Morgan fingerprint density at radius 1 is 1.25 bits per heavy atom. The maximum atomic E-state index is 11.7. The molecule has 0 bridgehead atoms. The number of hydrogen-bond donors (Lipinski definition) is 1. The minimum Gasteiger partial charge on any atom is -0.310 e. The largest absolute Gasteiger partial charge is 0.310 e. The van der Waals surface area contributed by atoms with Crippen LogP contribution in [-0.4, -0.2) is 35.7 Å². The Kier molecular flexibility index (Phi) is 4.12. The number of nitrogens with zero attached hydrogens (tertiary/aromatic N) is 2. The molecule has 20 heavy (non-hydrogen) atoms. The SMILES string of the molecule is O=S1(=O)CCCC1CNCc1ccn(C2CCCC2)n1. The van der Waals surface area contributed by atoms with Gasteiger partial charge in [-0.05, 0) is 31.7 Å². The summed E-state index contributed by atoms with van der Waals surface area (Å²) in [6, 6.07) is 2.60. The molecular formula is C14H23N3O2S. The van der Waals surface area contributed by atoms with Crippen LogP contribution in [0.4, 0.5) is 0 Å². The Morgan fingerprint density at radius 2 is 2.05 bits per heavy atom. The van der Waals surface area contributed by atoms with Crippen molar-refractivity contribution in [2.45, 2.75) is 56.4 Å². The topological polar surface area (TPSA) is 64.0 Å². The van der Waals surface area contributed by atoms with Crippen molar-refractivity contribution < 1.29 is 8.42 Å². The van der Waals surface area contributed by atoms with Gasteiger partial charge in [0, 0.05) is 19.3 Å². The van der Waals surface area contributed by atoms with Gasteiger partial charge in [-0.15, -0.1) is 0 Å². The van der Waals surface area contributed by atoms with Crippen LogP contribution in [0, 0.1) is 0 Å². The molecule has 1 aliphatic heterocycles. The van der Waals surface area contributed by atoms with E-state index in [1.54, 1.807) is 0 Å². The first-order chi connectivity index (χ1) is 9.65. The highest BCUT2D eigenvalue weighted by atomic mass is 32.2. The summed E-state index contributed by atoms with van der Waals surface area (Å²) in [6.45, 7) is 1.21. The first-order valence-electron chi connectivity index (χ1n) is 7.61. The summed E-state index contributed by atoms with van der Waals surface area (Å²) < 4.78 is 25.5. The van der Waals surface area contributed by atoms with Crippen molar-refractivity contribution in [1.29, 1.82) is 0 Å². The molecular weight excluding hydrogens is 274 g/mol. The Labute approximate surface area is 120 Å². The van der Waals surface area contributed by atoms with Crippen LogP contribution in [0.3, 0.4) is 0 Å². The molecule has 1 aromatic heterocycles. The molecule has 6 heteroatoms. The predicted octanol–water partition coefficient (Wildman–Crippen LogP) is 1.66. The summed E-state index contributed by atoms with van der Waals surface area (Å²) in [4.78, 5) is 0. The molecule has 1 saturated heterocycles.